The third-order valence-electron chi connectivity index (χ3n) is 4.26. The molecule has 0 radical (unpaired) electrons. The van der Waals surface area contributed by atoms with Gasteiger partial charge in [0.15, 0.2) is 6.04 Å². The van der Waals surface area contributed by atoms with Gasteiger partial charge < -0.3 is 19.7 Å². The number of aliphatic carboxylic acids is 1. The molecule has 0 fully saturated rings. The molecule has 0 saturated carbocycles. The van der Waals surface area contributed by atoms with Crippen LogP contribution in [-0.2, 0) is 21.8 Å². The topological polar surface area (TPSA) is 102 Å². The number of rotatable bonds is 7. The van der Waals surface area contributed by atoms with Crippen LogP contribution in [0.25, 0.3) is 0 Å². The summed E-state index contributed by atoms with van der Waals surface area (Å²) in [5.41, 5.74) is 3.29. The van der Waals surface area contributed by atoms with E-state index in [1.807, 2.05) is 13.8 Å². The van der Waals surface area contributed by atoms with Crippen molar-refractivity contribution < 1.29 is 24.0 Å². The molecule has 1 aliphatic heterocycles. The first-order chi connectivity index (χ1) is 12.5. The van der Waals surface area contributed by atoms with Crippen LogP contribution in [0.1, 0.15) is 34.2 Å². The highest BCUT2D eigenvalue weighted by atomic mass is 32.2. The van der Waals surface area contributed by atoms with Crippen molar-refractivity contribution in [2.24, 2.45) is 0 Å². The number of carbonyl (C=O) groups excluding carboxylic acids is 1. The van der Waals surface area contributed by atoms with Gasteiger partial charge in [0.25, 0.3) is 0 Å². The number of thioether (sulfide) groups is 1. The van der Waals surface area contributed by atoms with E-state index in [4.69, 9.17) is 9.26 Å². The summed E-state index contributed by atoms with van der Waals surface area (Å²) in [7, 11) is 0. The number of hydrogen-bond donors (Lipinski definition) is 2. The summed E-state index contributed by atoms with van der Waals surface area (Å²) in [5, 5.41) is 16.0. The van der Waals surface area contributed by atoms with Crippen molar-refractivity contribution in [3.8, 4) is 5.75 Å². The van der Waals surface area contributed by atoms with Crippen molar-refractivity contribution in [1.29, 1.82) is 0 Å². The molecule has 26 heavy (non-hydrogen) atoms. The van der Waals surface area contributed by atoms with E-state index in [-0.39, 0.29) is 11.7 Å². The van der Waals surface area contributed by atoms with Gasteiger partial charge in [-0.2, -0.15) is 0 Å². The summed E-state index contributed by atoms with van der Waals surface area (Å²) in [5.74, 6) is 0.835. The number of aromatic nitrogens is 1. The van der Waals surface area contributed by atoms with Crippen molar-refractivity contribution in [1.82, 2.24) is 10.5 Å². The molecule has 2 N–H and O–H groups in total. The zero-order chi connectivity index (χ0) is 18.7. The quantitative estimate of drug-likeness (QED) is 0.765. The molecule has 0 saturated heterocycles. The highest BCUT2D eigenvalue weighted by Crippen LogP contribution is 2.28. The van der Waals surface area contributed by atoms with Gasteiger partial charge in [-0.15, -0.1) is 11.8 Å². The third kappa shape index (κ3) is 4.01. The molecule has 2 aromatic rings. The second kappa shape index (κ2) is 7.82. The number of benzene rings is 1. The van der Waals surface area contributed by atoms with E-state index >= 15 is 0 Å². The van der Waals surface area contributed by atoms with Crippen LogP contribution in [0.3, 0.4) is 0 Å². The SMILES string of the molecule is Cc1noc(C)c1CSCC(=O)NC(C(=O)O)c1ccc2c(c1)CCO2. The van der Waals surface area contributed by atoms with Crippen LogP contribution in [0.4, 0.5) is 0 Å². The number of fused-ring (bicyclic) bond motifs is 1. The maximum Gasteiger partial charge on any atom is 0.330 e. The fourth-order valence-corrected chi connectivity index (χ4v) is 3.82. The lowest BCUT2D eigenvalue weighted by Gasteiger charge is -2.15. The van der Waals surface area contributed by atoms with Crippen LogP contribution in [-0.4, -0.2) is 34.5 Å². The van der Waals surface area contributed by atoms with Gasteiger partial charge in [0.05, 0.1) is 18.1 Å². The van der Waals surface area contributed by atoms with Gasteiger partial charge in [-0.3, -0.25) is 4.79 Å². The molecule has 1 amide bonds. The Kier molecular flexibility index (Phi) is 5.51. The molecule has 2 heterocycles. The van der Waals surface area contributed by atoms with Crippen LogP contribution >= 0.6 is 11.8 Å². The van der Waals surface area contributed by atoms with Gasteiger partial charge in [-0.05, 0) is 37.1 Å². The zero-order valence-electron chi connectivity index (χ0n) is 14.6. The van der Waals surface area contributed by atoms with E-state index in [1.54, 1.807) is 18.2 Å². The minimum absolute atomic E-state index is 0.155. The molecule has 0 bridgehead atoms. The number of carboxylic acids is 1. The largest absolute Gasteiger partial charge is 0.493 e. The summed E-state index contributed by atoms with van der Waals surface area (Å²) in [6, 6.07) is 4.15. The maximum absolute atomic E-state index is 12.2. The first kappa shape index (κ1) is 18.3. The van der Waals surface area contributed by atoms with E-state index in [0.717, 1.165) is 34.8 Å². The van der Waals surface area contributed by atoms with Crippen LogP contribution in [0.5, 0.6) is 5.75 Å². The van der Waals surface area contributed by atoms with Crippen molar-refractivity contribution in [3.63, 3.8) is 0 Å². The summed E-state index contributed by atoms with van der Waals surface area (Å²) in [4.78, 5) is 23.8. The number of nitrogens with zero attached hydrogens (tertiary/aromatic N) is 1. The zero-order valence-corrected chi connectivity index (χ0v) is 15.4. The molecule has 1 aromatic carbocycles. The van der Waals surface area contributed by atoms with Gasteiger partial charge in [0.1, 0.15) is 11.5 Å². The number of nitrogens with one attached hydrogen (secondary N) is 1. The fraction of sp³-hybridized carbons (Fsp3) is 0.389. The van der Waals surface area contributed by atoms with Crippen molar-refractivity contribution in [2.45, 2.75) is 32.1 Å². The molecule has 0 aliphatic carbocycles. The van der Waals surface area contributed by atoms with E-state index < -0.39 is 12.0 Å². The normalized spacial score (nSPS) is 13.8. The smallest absolute Gasteiger partial charge is 0.330 e. The molecule has 138 valence electrons. The fourth-order valence-electron chi connectivity index (χ4n) is 2.83. The van der Waals surface area contributed by atoms with Gasteiger partial charge in [-0.1, -0.05) is 11.2 Å². The van der Waals surface area contributed by atoms with Crippen LogP contribution < -0.4 is 10.1 Å². The molecule has 8 heteroatoms. The Morgan fingerprint density at radius 1 is 1.38 bits per heavy atom. The summed E-state index contributed by atoms with van der Waals surface area (Å²) < 4.78 is 10.5. The number of ether oxygens (including phenoxy) is 1. The van der Waals surface area contributed by atoms with Crippen molar-refractivity contribution >= 4 is 23.6 Å². The monoisotopic (exact) mass is 376 g/mol. The highest BCUT2D eigenvalue weighted by molar-refractivity contribution is 7.99. The van der Waals surface area contributed by atoms with Gasteiger partial charge >= 0.3 is 5.97 Å². The van der Waals surface area contributed by atoms with Crippen molar-refractivity contribution in [3.05, 3.63) is 46.3 Å². The lowest BCUT2D eigenvalue weighted by molar-refractivity contribution is -0.141. The molecule has 1 aromatic heterocycles. The summed E-state index contributed by atoms with van der Waals surface area (Å²) >= 11 is 1.39. The second-order valence-corrected chi connectivity index (χ2v) is 7.09. The Labute approximate surface area is 155 Å². The standard InChI is InChI=1S/C18H20N2O5S/c1-10-14(11(2)25-20-10)8-26-9-16(21)19-17(18(22)23)13-3-4-15-12(7-13)5-6-24-15/h3-4,7,17H,5-6,8-9H2,1-2H3,(H,19,21)(H,22,23). The van der Waals surface area contributed by atoms with Crippen LogP contribution in [0, 0.1) is 13.8 Å². The first-order valence-corrected chi connectivity index (χ1v) is 9.38. The Morgan fingerprint density at radius 2 is 2.19 bits per heavy atom. The Hall–Kier alpha value is -2.48. The molecular weight excluding hydrogens is 356 g/mol. The maximum atomic E-state index is 12.2. The predicted molar refractivity (Wildman–Crippen MR) is 96.3 cm³/mol. The minimum Gasteiger partial charge on any atom is -0.493 e. The third-order valence-corrected chi connectivity index (χ3v) is 5.22. The average Bonchev–Trinajstić information content (AvgIpc) is 3.19. The van der Waals surface area contributed by atoms with Crippen LogP contribution in [0.15, 0.2) is 22.7 Å². The molecule has 1 unspecified atom stereocenters. The van der Waals surface area contributed by atoms with Gasteiger partial charge in [-0.25, -0.2) is 4.79 Å². The highest BCUT2D eigenvalue weighted by Gasteiger charge is 2.24. The molecule has 1 atom stereocenters. The van der Waals surface area contributed by atoms with E-state index in [2.05, 4.69) is 10.5 Å². The average molecular weight is 376 g/mol. The minimum atomic E-state index is -1.09. The number of carbonyl (C=O) groups is 2. The number of aryl methyl sites for hydroxylation is 2. The van der Waals surface area contributed by atoms with E-state index in [1.165, 1.54) is 11.8 Å². The molecular formula is C18H20N2O5S. The first-order valence-electron chi connectivity index (χ1n) is 8.23. The summed E-state index contributed by atoms with van der Waals surface area (Å²) in [6.07, 6.45) is 0.747. The molecule has 7 nitrogen and oxygen atoms in total. The summed E-state index contributed by atoms with van der Waals surface area (Å²) in [6.45, 7) is 4.28. The van der Waals surface area contributed by atoms with Crippen molar-refractivity contribution in [2.75, 3.05) is 12.4 Å². The van der Waals surface area contributed by atoms with Gasteiger partial charge in [0.2, 0.25) is 5.91 Å². The Bertz CT molecular complexity index is 813. The lowest BCUT2D eigenvalue weighted by Crippen LogP contribution is -2.34. The van der Waals surface area contributed by atoms with E-state index in [9.17, 15) is 14.7 Å². The number of carboxylic acid groups (broad SMARTS) is 1. The molecule has 3 rings (SSSR count). The number of hydrogen-bond acceptors (Lipinski definition) is 6. The number of amides is 1. The van der Waals surface area contributed by atoms with Gasteiger partial charge in [0, 0.05) is 17.7 Å². The Balaban J connectivity index is 1.59. The lowest BCUT2D eigenvalue weighted by atomic mass is 10.0. The predicted octanol–water partition coefficient (Wildman–Crippen LogP) is 2.40. The van der Waals surface area contributed by atoms with E-state index in [0.29, 0.717) is 17.9 Å². The van der Waals surface area contributed by atoms with Crippen LogP contribution in [0.2, 0.25) is 0 Å². The molecule has 1 aliphatic rings. The Morgan fingerprint density at radius 3 is 2.88 bits per heavy atom. The second-order valence-electron chi connectivity index (χ2n) is 6.10. The molecule has 0 spiro atoms.